The fourth-order valence-electron chi connectivity index (χ4n) is 3.79. The number of benzene rings is 3. The minimum absolute atomic E-state index is 0.0332. The maximum Gasteiger partial charge on any atom is 0.244 e. The highest BCUT2D eigenvalue weighted by Gasteiger charge is 2.30. The fraction of sp³-hybridized carbons (Fsp3) is 0.240. The van der Waals surface area contributed by atoms with Gasteiger partial charge < -0.3 is 5.32 Å². The summed E-state index contributed by atoms with van der Waals surface area (Å²) in [5.41, 5.74) is 3.97. The van der Waals surface area contributed by atoms with Crippen molar-refractivity contribution >= 4 is 21.6 Å². The molecule has 0 heterocycles. The molecule has 5 nitrogen and oxygen atoms in total. The van der Waals surface area contributed by atoms with Crippen molar-refractivity contribution in [2.75, 3.05) is 11.9 Å². The molecule has 3 aromatic carbocycles. The van der Waals surface area contributed by atoms with E-state index in [1.54, 1.807) is 26.8 Å². The zero-order valence-corrected chi connectivity index (χ0v) is 19.5. The third-order valence-electron chi connectivity index (χ3n) is 5.20. The number of nitrogens with one attached hydrogen (secondary N) is 1. The van der Waals surface area contributed by atoms with Gasteiger partial charge in [0.25, 0.3) is 0 Å². The molecule has 0 fully saturated rings. The average molecular weight is 455 g/mol. The third kappa shape index (κ3) is 5.41. The van der Waals surface area contributed by atoms with Crippen LogP contribution in [0.1, 0.15) is 27.8 Å². The summed E-state index contributed by atoms with van der Waals surface area (Å²) >= 11 is 0. The number of rotatable bonds is 7. The Morgan fingerprint density at radius 3 is 2.16 bits per heavy atom. The maximum absolute atomic E-state index is 13.7. The number of sulfonamides is 1. The Hall–Kier alpha value is -3.03. The third-order valence-corrected chi connectivity index (χ3v) is 7.30. The van der Waals surface area contributed by atoms with Crippen LogP contribution >= 0.6 is 0 Å². The summed E-state index contributed by atoms with van der Waals surface area (Å²) in [6.07, 6.45) is 0. The van der Waals surface area contributed by atoms with Crippen molar-refractivity contribution in [3.63, 3.8) is 0 Å². The van der Waals surface area contributed by atoms with E-state index in [-0.39, 0.29) is 11.4 Å². The molecule has 3 aromatic rings. The molecule has 168 valence electrons. The number of nitrogens with zero attached hydrogens (tertiary/aromatic N) is 1. The molecule has 0 atom stereocenters. The van der Waals surface area contributed by atoms with E-state index < -0.39 is 28.3 Å². The first-order valence-electron chi connectivity index (χ1n) is 10.3. The molecule has 1 N–H and O–H groups in total. The second kappa shape index (κ2) is 9.63. The summed E-state index contributed by atoms with van der Waals surface area (Å²) < 4.78 is 42.2. The first-order valence-corrected chi connectivity index (χ1v) is 11.7. The van der Waals surface area contributed by atoms with Crippen molar-refractivity contribution in [2.24, 2.45) is 0 Å². The molecular weight excluding hydrogens is 427 g/mol. The maximum atomic E-state index is 13.7. The predicted molar refractivity (Wildman–Crippen MR) is 124 cm³/mol. The van der Waals surface area contributed by atoms with Gasteiger partial charge in [-0.05, 0) is 62.1 Å². The van der Waals surface area contributed by atoms with Gasteiger partial charge in [0.05, 0.1) is 11.4 Å². The molecule has 0 saturated heterocycles. The van der Waals surface area contributed by atoms with Gasteiger partial charge in [-0.15, -0.1) is 0 Å². The van der Waals surface area contributed by atoms with Crippen LogP contribution in [0, 0.1) is 33.5 Å². The summed E-state index contributed by atoms with van der Waals surface area (Å²) in [5, 5.41) is 2.64. The molecule has 0 spiro atoms. The van der Waals surface area contributed by atoms with E-state index in [4.69, 9.17) is 0 Å². The van der Waals surface area contributed by atoms with E-state index in [1.807, 2.05) is 49.4 Å². The van der Waals surface area contributed by atoms with Crippen LogP contribution in [-0.4, -0.2) is 25.2 Å². The molecule has 0 aliphatic heterocycles. The summed E-state index contributed by atoms with van der Waals surface area (Å²) in [6.45, 7) is 6.79. The number of aryl methyl sites for hydroxylation is 4. The van der Waals surface area contributed by atoms with Gasteiger partial charge in [0.2, 0.25) is 15.9 Å². The van der Waals surface area contributed by atoms with Gasteiger partial charge in [-0.2, -0.15) is 4.31 Å². The van der Waals surface area contributed by atoms with Gasteiger partial charge >= 0.3 is 0 Å². The minimum atomic E-state index is -3.98. The van der Waals surface area contributed by atoms with E-state index in [1.165, 1.54) is 12.1 Å². The first-order chi connectivity index (χ1) is 15.1. The zero-order chi connectivity index (χ0) is 23.5. The normalized spacial score (nSPS) is 11.6. The van der Waals surface area contributed by atoms with Crippen molar-refractivity contribution in [3.05, 3.63) is 94.3 Å². The SMILES string of the molecule is Cc1cc(C)c(S(=O)(=O)N(CC(=O)Nc2cc(F)ccc2C)Cc2ccccc2)c(C)c1. The highest BCUT2D eigenvalue weighted by Crippen LogP contribution is 2.27. The Morgan fingerprint density at radius 2 is 1.53 bits per heavy atom. The lowest BCUT2D eigenvalue weighted by molar-refractivity contribution is -0.116. The van der Waals surface area contributed by atoms with Crippen LogP contribution in [0.15, 0.2) is 65.6 Å². The second-order valence-electron chi connectivity index (χ2n) is 7.99. The van der Waals surface area contributed by atoms with E-state index in [2.05, 4.69) is 5.32 Å². The van der Waals surface area contributed by atoms with Crippen LogP contribution in [0.5, 0.6) is 0 Å². The minimum Gasteiger partial charge on any atom is -0.325 e. The quantitative estimate of drug-likeness (QED) is 0.553. The molecule has 0 bridgehead atoms. The Balaban J connectivity index is 1.97. The monoisotopic (exact) mass is 454 g/mol. The van der Waals surface area contributed by atoms with Crippen LogP contribution in [0.2, 0.25) is 0 Å². The van der Waals surface area contributed by atoms with Gasteiger partial charge in [-0.25, -0.2) is 12.8 Å². The highest BCUT2D eigenvalue weighted by molar-refractivity contribution is 7.89. The molecule has 0 aromatic heterocycles. The molecule has 0 radical (unpaired) electrons. The Labute approximate surface area is 188 Å². The van der Waals surface area contributed by atoms with Crippen LogP contribution in [-0.2, 0) is 21.4 Å². The molecule has 1 amide bonds. The first kappa shape index (κ1) is 23.6. The van der Waals surface area contributed by atoms with Crippen molar-refractivity contribution < 1.29 is 17.6 Å². The smallest absolute Gasteiger partial charge is 0.244 e. The van der Waals surface area contributed by atoms with E-state index in [9.17, 15) is 17.6 Å². The van der Waals surface area contributed by atoms with Crippen LogP contribution in [0.25, 0.3) is 0 Å². The summed E-state index contributed by atoms with van der Waals surface area (Å²) in [4.78, 5) is 13.0. The topological polar surface area (TPSA) is 66.5 Å². The Bertz CT molecular complexity index is 1220. The molecule has 3 rings (SSSR count). The van der Waals surface area contributed by atoms with Gasteiger partial charge in [0, 0.05) is 12.2 Å². The summed E-state index contributed by atoms with van der Waals surface area (Å²) in [5.74, 6) is -1.02. The zero-order valence-electron chi connectivity index (χ0n) is 18.6. The molecule has 0 aliphatic rings. The molecule has 0 saturated carbocycles. The molecular formula is C25H27FN2O3S. The second-order valence-corrected chi connectivity index (χ2v) is 9.87. The Kier molecular flexibility index (Phi) is 7.11. The van der Waals surface area contributed by atoms with E-state index in [0.29, 0.717) is 22.4 Å². The van der Waals surface area contributed by atoms with E-state index in [0.717, 1.165) is 15.4 Å². The Morgan fingerprint density at radius 1 is 0.906 bits per heavy atom. The predicted octanol–water partition coefficient (Wildman–Crippen LogP) is 4.89. The lowest BCUT2D eigenvalue weighted by Gasteiger charge is -2.24. The van der Waals surface area contributed by atoms with Gasteiger partial charge in [-0.3, -0.25) is 4.79 Å². The molecule has 32 heavy (non-hydrogen) atoms. The van der Waals surface area contributed by atoms with Crippen molar-refractivity contribution in [1.82, 2.24) is 4.31 Å². The number of anilines is 1. The van der Waals surface area contributed by atoms with Crippen LogP contribution in [0.4, 0.5) is 10.1 Å². The van der Waals surface area contributed by atoms with Crippen molar-refractivity contribution in [2.45, 2.75) is 39.1 Å². The van der Waals surface area contributed by atoms with E-state index >= 15 is 0 Å². The lowest BCUT2D eigenvalue weighted by Crippen LogP contribution is -2.38. The number of hydrogen-bond donors (Lipinski definition) is 1. The fourth-order valence-corrected chi connectivity index (χ4v) is 5.59. The molecule has 0 aliphatic carbocycles. The summed E-state index contributed by atoms with van der Waals surface area (Å²) in [6, 6.07) is 16.8. The van der Waals surface area contributed by atoms with Crippen LogP contribution < -0.4 is 5.32 Å². The van der Waals surface area contributed by atoms with Gasteiger partial charge in [0.15, 0.2) is 0 Å². The number of carbonyl (C=O) groups is 1. The summed E-state index contributed by atoms with van der Waals surface area (Å²) in [7, 11) is -3.98. The lowest BCUT2D eigenvalue weighted by atomic mass is 10.1. The highest BCUT2D eigenvalue weighted by atomic mass is 32.2. The number of amides is 1. The van der Waals surface area contributed by atoms with Crippen molar-refractivity contribution in [3.8, 4) is 0 Å². The van der Waals surface area contributed by atoms with Crippen molar-refractivity contribution in [1.29, 1.82) is 0 Å². The molecule has 7 heteroatoms. The average Bonchev–Trinajstić information content (AvgIpc) is 2.70. The standard InChI is InChI=1S/C25H27FN2O3S/c1-17-12-19(3)25(20(4)13-17)32(30,31)28(15-21-8-6-5-7-9-21)16-24(29)27-23-14-22(26)11-10-18(23)2/h5-14H,15-16H2,1-4H3,(H,27,29). The van der Waals surface area contributed by atoms with Gasteiger partial charge in [-0.1, -0.05) is 54.1 Å². The molecule has 0 unspecified atom stereocenters. The van der Waals surface area contributed by atoms with Gasteiger partial charge in [0.1, 0.15) is 5.82 Å². The number of carbonyl (C=O) groups excluding carboxylic acids is 1. The van der Waals surface area contributed by atoms with Crippen LogP contribution in [0.3, 0.4) is 0 Å². The number of hydrogen-bond acceptors (Lipinski definition) is 3. The largest absolute Gasteiger partial charge is 0.325 e. The number of halogens is 1.